The first-order valence-electron chi connectivity index (χ1n) is 32.2. The molecule has 8 N–H and O–H groups in total. The molecule has 10 aromatic heterocycles. The number of H-pyrrole nitrogens is 2. The maximum atomic E-state index is 10.5. The zero-order valence-electron chi connectivity index (χ0n) is 61.7. The summed E-state index contributed by atoms with van der Waals surface area (Å²) in [5, 5.41) is 28.2. The van der Waals surface area contributed by atoms with Crippen LogP contribution in [0.3, 0.4) is 0 Å². The van der Waals surface area contributed by atoms with E-state index in [0.717, 1.165) is 57.3 Å². The number of nitrogens with one attached hydrogen (secondary N) is 2. The number of carbonyl (C=O) groups is 3. The Balaban J connectivity index is 0.000000534. The fraction of sp³-hybridized carbons (Fsp3) is 0.529. The van der Waals surface area contributed by atoms with Gasteiger partial charge in [0.2, 0.25) is 5.76 Å². The van der Waals surface area contributed by atoms with E-state index in [2.05, 4.69) is 158 Å². The van der Waals surface area contributed by atoms with Crippen molar-refractivity contribution in [2.45, 2.75) is 246 Å². The van der Waals surface area contributed by atoms with Gasteiger partial charge in [-0.1, -0.05) is 159 Å². The molecule has 0 aromatic carbocycles. The molecule has 0 atom stereocenters. The van der Waals surface area contributed by atoms with E-state index in [9.17, 15) is 14.4 Å². The van der Waals surface area contributed by atoms with Crippen LogP contribution in [0.5, 0.6) is 0 Å². The lowest BCUT2D eigenvalue weighted by atomic mass is 10.1. The molecule has 3 amide bonds. The first kappa shape index (κ1) is 84.5. The number of carbonyl (C=O) groups excluding carboxylic acids is 3. The molecule has 10 aromatic rings. The molecule has 0 saturated carbocycles. The average molecular weight is 1340 g/mol. The summed E-state index contributed by atoms with van der Waals surface area (Å²) in [5.41, 5.74) is 24.5. The Bertz CT molecular complexity index is 3300. The van der Waals surface area contributed by atoms with Gasteiger partial charge in [0, 0.05) is 82.0 Å². The summed E-state index contributed by atoms with van der Waals surface area (Å²) in [5.74, 6) is 9.62. The van der Waals surface area contributed by atoms with Crippen LogP contribution in [0.15, 0.2) is 97.6 Å². The molecule has 0 bridgehead atoms. The second kappa shape index (κ2) is 42.8. The molecule has 0 aliphatic heterocycles. The Labute approximate surface area is 566 Å². The Morgan fingerprint density at radius 3 is 1.01 bits per heavy atom. The molecule has 0 saturated heterocycles. The van der Waals surface area contributed by atoms with E-state index in [1.807, 2.05) is 108 Å². The van der Waals surface area contributed by atoms with E-state index < -0.39 is 17.7 Å². The standard InChI is InChI=1S/3C7H10N2O2.2C7H12N2.5C7H11NO/c1-4(2)7-9-5(3-11-7)6(8)10;1-4(2)7-9-3-5(11-7)6(8)10;1-4(2)6-3-5(7(8)10)9-11-6;2*1-5(2)7-4-8-9-6(7)3;1-5(2)7-8-6(3)4-9-7;1-5(2)7-8-4-6(3)9-7;2*1-5(2)7-6(3)4-8-9-7;1-5(2)7-4-6(3)8-9-7/h3*3-4H,1-2H3,(H2,8,10);2*4-5H,1-3H3,(H,8,9);5*4-5H,1-3H3. The minimum atomic E-state index is -0.579. The zero-order chi connectivity index (χ0) is 73.3. The third-order valence-corrected chi connectivity index (χ3v) is 13.0. The number of nitrogens with two attached hydrogens (primary N) is 3. The van der Waals surface area contributed by atoms with Crippen LogP contribution in [-0.2, 0) is 0 Å². The predicted octanol–water partition coefficient (Wildman–Crippen LogP) is 16.9. The fourth-order valence-corrected chi connectivity index (χ4v) is 7.55. The van der Waals surface area contributed by atoms with Crippen LogP contribution < -0.4 is 17.2 Å². The molecular formula is C70H109N15O11. The minimum absolute atomic E-state index is 0.119. The number of hydrogen-bond acceptors (Lipinski definition) is 21. The van der Waals surface area contributed by atoms with Gasteiger partial charge in [0.15, 0.2) is 35.0 Å². The monoisotopic (exact) mass is 1340 g/mol. The number of aromatic amines is 2. The molecule has 0 radical (unpaired) electrons. The van der Waals surface area contributed by atoms with E-state index in [1.54, 1.807) is 30.9 Å². The highest BCUT2D eigenvalue weighted by atomic mass is 16.5. The Kier molecular flexibility index (Phi) is 37.6. The van der Waals surface area contributed by atoms with Crippen molar-refractivity contribution in [3.63, 3.8) is 0 Å². The van der Waals surface area contributed by atoms with Crippen molar-refractivity contribution >= 4 is 17.7 Å². The van der Waals surface area contributed by atoms with Crippen molar-refractivity contribution in [1.82, 2.24) is 61.0 Å². The Hall–Kier alpha value is -9.49. The lowest BCUT2D eigenvalue weighted by molar-refractivity contribution is 0.0968. The molecule has 96 heavy (non-hydrogen) atoms. The van der Waals surface area contributed by atoms with Crippen LogP contribution in [0.1, 0.15) is 327 Å². The third kappa shape index (κ3) is 31.6. The van der Waals surface area contributed by atoms with Crippen molar-refractivity contribution < 1.29 is 50.1 Å². The lowest BCUT2D eigenvalue weighted by Crippen LogP contribution is -2.11. The van der Waals surface area contributed by atoms with E-state index in [4.69, 9.17) is 53.0 Å². The predicted molar refractivity (Wildman–Crippen MR) is 369 cm³/mol. The fourth-order valence-electron chi connectivity index (χ4n) is 7.55. The number of oxazole rings is 4. The zero-order valence-corrected chi connectivity index (χ0v) is 61.7. The Morgan fingerprint density at radius 1 is 0.396 bits per heavy atom. The van der Waals surface area contributed by atoms with E-state index in [0.29, 0.717) is 59.0 Å². The quantitative estimate of drug-likeness (QED) is 0.0715. The summed E-state index contributed by atoms with van der Waals surface area (Å²) in [4.78, 5) is 47.5. The van der Waals surface area contributed by atoms with Crippen molar-refractivity contribution in [2.75, 3.05) is 0 Å². The van der Waals surface area contributed by atoms with Gasteiger partial charge in [-0.05, 0) is 71.4 Å². The highest BCUT2D eigenvalue weighted by Gasteiger charge is 2.14. The topological polar surface area (TPSA) is 395 Å². The number of amides is 3. The molecule has 26 heteroatoms. The molecular weight excluding hydrogens is 1230 g/mol. The molecule has 0 aliphatic rings. The number of nitrogens with zero attached hydrogens (tertiary/aromatic N) is 10. The lowest BCUT2D eigenvalue weighted by Gasteiger charge is -1.99. The number of primary amides is 3. The summed E-state index contributed by atoms with van der Waals surface area (Å²) in [6.45, 7) is 54.9. The van der Waals surface area contributed by atoms with E-state index >= 15 is 0 Å². The van der Waals surface area contributed by atoms with Gasteiger partial charge in [0.25, 0.3) is 17.7 Å². The molecule has 0 spiro atoms. The SMILES string of the molecule is CC(C)c1cc(C(N)=O)no1.CC(C)c1nc(C(N)=O)co1.CC(C)c1ncc(C(N)=O)o1.Cc1[nH]ncc1C(C)C.Cc1[nH]ncc1C(C)C.Cc1cc(C(C)C)on1.Cc1cnc(C(C)C)o1.Cc1cnoc1C(C)C.Cc1cnoc1C(C)C.Cc1coc(C(C)C)n1. The number of aryl methyl sites for hydroxylation is 7. The molecule has 0 fully saturated rings. The smallest absolute Gasteiger partial charge is 0.286 e. The second-order valence-electron chi connectivity index (χ2n) is 25.5. The molecule has 530 valence electrons. The molecule has 10 heterocycles. The largest absolute Gasteiger partial charge is 0.448 e. The first-order chi connectivity index (χ1) is 44.8. The summed E-state index contributed by atoms with van der Waals surface area (Å²) in [7, 11) is 0. The van der Waals surface area contributed by atoms with Crippen LogP contribution in [0.2, 0.25) is 0 Å². The summed E-state index contributed by atoms with van der Waals surface area (Å²) < 4.78 is 40.1. The van der Waals surface area contributed by atoms with Crippen LogP contribution in [0, 0.1) is 48.5 Å². The van der Waals surface area contributed by atoms with Gasteiger partial charge >= 0.3 is 0 Å². The van der Waals surface area contributed by atoms with Gasteiger partial charge in [-0.3, -0.25) is 24.6 Å². The van der Waals surface area contributed by atoms with Crippen molar-refractivity contribution in [3.8, 4) is 0 Å². The molecule has 26 nitrogen and oxygen atoms in total. The van der Waals surface area contributed by atoms with Gasteiger partial charge < -0.3 is 53.0 Å². The minimum Gasteiger partial charge on any atom is -0.448 e. The third-order valence-electron chi connectivity index (χ3n) is 13.0. The summed E-state index contributed by atoms with van der Waals surface area (Å²) >= 11 is 0. The van der Waals surface area contributed by atoms with Crippen molar-refractivity contribution in [2.24, 2.45) is 17.2 Å². The van der Waals surface area contributed by atoms with Gasteiger partial charge in [-0.25, -0.2) is 19.9 Å². The maximum Gasteiger partial charge on any atom is 0.286 e. The van der Waals surface area contributed by atoms with E-state index in [-0.39, 0.29) is 34.9 Å². The normalized spacial score (nSPS) is 10.6. The van der Waals surface area contributed by atoms with Crippen molar-refractivity contribution in [3.05, 3.63) is 176 Å². The van der Waals surface area contributed by atoms with Gasteiger partial charge in [0.1, 0.15) is 41.3 Å². The number of rotatable bonds is 13. The molecule has 0 aliphatic carbocycles. The first-order valence-corrected chi connectivity index (χ1v) is 32.2. The van der Waals surface area contributed by atoms with Crippen LogP contribution >= 0.6 is 0 Å². The van der Waals surface area contributed by atoms with Crippen LogP contribution in [0.4, 0.5) is 0 Å². The van der Waals surface area contributed by atoms with Gasteiger partial charge in [-0.2, -0.15) is 10.2 Å². The number of hydrogen-bond donors (Lipinski definition) is 5. The highest BCUT2D eigenvalue weighted by Crippen LogP contribution is 2.21. The maximum absolute atomic E-state index is 10.5. The van der Waals surface area contributed by atoms with Gasteiger partial charge in [0.05, 0.1) is 48.6 Å². The summed E-state index contributed by atoms with van der Waals surface area (Å²) in [6, 6.07) is 3.53. The highest BCUT2D eigenvalue weighted by molar-refractivity contribution is 5.91. The number of aromatic nitrogens is 12. The average Bonchev–Trinajstić information content (AvgIpc) is 3.20. The van der Waals surface area contributed by atoms with Crippen molar-refractivity contribution in [1.29, 1.82) is 0 Å². The second-order valence-corrected chi connectivity index (χ2v) is 25.5. The molecule has 10 rings (SSSR count). The van der Waals surface area contributed by atoms with Crippen LogP contribution in [-0.4, -0.2) is 78.7 Å². The summed E-state index contributed by atoms with van der Waals surface area (Å²) in [6.07, 6.45) is 13.3. The van der Waals surface area contributed by atoms with E-state index in [1.165, 1.54) is 35.0 Å². The van der Waals surface area contributed by atoms with Gasteiger partial charge in [-0.15, -0.1) is 0 Å². The Morgan fingerprint density at radius 2 is 0.812 bits per heavy atom. The van der Waals surface area contributed by atoms with Crippen LogP contribution in [0.25, 0.3) is 0 Å². The molecule has 0 unspecified atom stereocenters.